The molecular weight excluding hydrogens is 324 g/mol. The number of rotatable bonds is 6. The summed E-state index contributed by atoms with van der Waals surface area (Å²) in [5, 5.41) is 2.77. The van der Waals surface area contributed by atoms with Crippen molar-refractivity contribution in [3.63, 3.8) is 0 Å². The number of ether oxygens (including phenoxy) is 1. The number of para-hydroxylation sites is 1. The van der Waals surface area contributed by atoms with Crippen molar-refractivity contribution in [3.8, 4) is 0 Å². The molecule has 24 heavy (non-hydrogen) atoms. The number of aromatic nitrogens is 1. The summed E-state index contributed by atoms with van der Waals surface area (Å²) in [5.74, 6) is -0.828. The monoisotopic (exact) mass is 346 g/mol. The molecule has 128 valence electrons. The minimum absolute atomic E-state index is 0.308. The first kappa shape index (κ1) is 18.1. The normalized spacial score (nSPS) is 10.5. The first-order chi connectivity index (χ1) is 11.5. The number of thioether (sulfide) groups is 1. The van der Waals surface area contributed by atoms with Crippen LogP contribution in [0.3, 0.4) is 0 Å². The molecule has 0 aliphatic heterocycles. The van der Waals surface area contributed by atoms with E-state index < -0.39 is 5.97 Å². The topological polar surface area (TPSA) is 60.3 Å². The van der Waals surface area contributed by atoms with Crippen molar-refractivity contribution in [2.45, 2.75) is 32.2 Å². The van der Waals surface area contributed by atoms with Gasteiger partial charge in [-0.25, -0.2) is 4.79 Å². The Hall–Kier alpha value is -2.21. The summed E-state index contributed by atoms with van der Waals surface area (Å²) in [6, 6.07) is 9.29. The van der Waals surface area contributed by atoms with Gasteiger partial charge in [0.05, 0.1) is 11.3 Å². The highest BCUT2D eigenvalue weighted by Gasteiger charge is 2.17. The van der Waals surface area contributed by atoms with Crippen molar-refractivity contribution in [1.29, 1.82) is 0 Å². The first-order valence-electron chi connectivity index (χ1n) is 7.74. The lowest BCUT2D eigenvalue weighted by Crippen LogP contribution is -2.21. The SMILES string of the molecule is CCn1c(C)cc(C(=O)OCC(=O)Nc2ccccc2SC)c1C. The average molecular weight is 346 g/mol. The van der Waals surface area contributed by atoms with Gasteiger partial charge in [0.1, 0.15) is 0 Å². The molecule has 0 atom stereocenters. The van der Waals surface area contributed by atoms with Crippen LogP contribution in [0.15, 0.2) is 35.2 Å². The molecule has 0 saturated carbocycles. The maximum absolute atomic E-state index is 12.2. The summed E-state index contributed by atoms with van der Waals surface area (Å²) >= 11 is 1.54. The number of nitrogens with zero attached hydrogens (tertiary/aromatic N) is 1. The molecule has 0 unspecified atom stereocenters. The van der Waals surface area contributed by atoms with Crippen LogP contribution in [0.2, 0.25) is 0 Å². The van der Waals surface area contributed by atoms with Gasteiger partial charge in [0.25, 0.3) is 5.91 Å². The van der Waals surface area contributed by atoms with Gasteiger partial charge in [0.2, 0.25) is 0 Å². The molecule has 0 aliphatic rings. The molecule has 0 fully saturated rings. The predicted molar refractivity (Wildman–Crippen MR) is 96.7 cm³/mol. The van der Waals surface area contributed by atoms with Crippen LogP contribution in [0.4, 0.5) is 5.69 Å². The highest BCUT2D eigenvalue weighted by atomic mass is 32.2. The summed E-state index contributed by atoms with van der Waals surface area (Å²) in [5.41, 5.74) is 3.08. The van der Waals surface area contributed by atoms with Gasteiger partial charge in [0, 0.05) is 22.8 Å². The molecule has 0 aliphatic carbocycles. The fraction of sp³-hybridized carbons (Fsp3) is 0.333. The third kappa shape index (κ3) is 4.00. The summed E-state index contributed by atoms with van der Waals surface area (Å²) in [6.45, 7) is 6.32. The number of nitrogens with one attached hydrogen (secondary N) is 1. The standard InChI is InChI=1S/C18H22N2O3S/c1-5-20-12(2)10-14(13(20)3)18(22)23-11-17(21)19-15-8-6-7-9-16(15)24-4/h6-10H,5,11H2,1-4H3,(H,19,21). The Morgan fingerprint density at radius 3 is 2.58 bits per heavy atom. The lowest BCUT2D eigenvalue weighted by atomic mass is 10.2. The minimum atomic E-state index is -0.476. The molecular formula is C18H22N2O3S. The van der Waals surface area contributed by atoms with Crippen molar-refractivity contribution in [3.05, 3.63) is 47.3 Å². The van der Waals surface area contributed by atoms with Gasteiger partial charge in [-0.15, -0.1) is 11.8 Å². The molecule has 1 aromatic heterocycles. The number of anilines is 1. The van der Waals surface area contributed by atoms with Crippen LogP contribution in [0.1, 0.15) is 28.7 Å². The van der Waals surface area contributed by atoms with Gasteiger partial charge in [-0.3, -0.25) is 4.79 Å². The Morgan fingerprint density at radius 1 is 1.25 bits per heavy atom. The Balaban J connectivity index is 1.98. The largest absolute Gasteiger partial charge is 0.452 e. The molecule has 2 aromatic rings. The van der Waals surface area contributed by atoms with Crippen molar-refractivity contribution in [2.24, 2.45) is 0 Å². The molecule has 1 amide bonds. The summed E-state index contributed by atoms with van der Waals surface area (Å²) < 4.78 is 7.19. The molecule has 0 bridgehead atoms. The predicted octanol–water partition coefficient (Wildman–Crippen LogP) is 3.64. The zero-order chi connectivity index (χ0) is 17.7. The van der Waals surface area contributed by atoms with E-state index in [0.29, 0.717) is 5.56 Å². The number of amides is 1. The van der Waals surface area contributed by atoms with Gasteiger partial charge in [-0.1, -0.05) is 12.1 Å². The zero-order valence-electron chi connectivity index (χ0n) is 14.4. The van der Waals surface area contributed by atoms with Crippen molar-refractivity contribution in [1.82, 2.24) is 4.57 Å². The van der Waals surface area contributed by atoms with E-state index in [1.165, 1.54) is 0 Å². The number of hydrogen-bond acceptors (Lipinski definition) is 4. The quantitative estimate of drug-likeness (QED) is 0.641. The average Bonchev–Trinajstić information content (AvgIpc) is 2.87. The van der Waals surface area contributed by atoms with E-state index in [0.717, 1.165) is 28.5 Å². The van der Waals surface area contributed by atoms with E-state index in [4.69, 9.17) is 4.74 Å². The summed E-state index contributed by atoms with van der Waals surface area (Å²) in [4.78, 5) is 25.2. The molecule has 1 N–H and O–H groups in total. The zero-order valence-corrected chi connectivity index (χ0v) is 15.2. The third-order valence-electron chi connectivity index (χ3n) is 3.83. The van der Waals surface area contributed by atoms with Crippen molar-refractivity contribution >= 4 is 29.3 Å². The van der Waals surface area contributed by atoms with Crippen LogP contribution in [0, 0.1) is 13.8 Å². The Labute approximate surface area is 146 Å². The maximum atomic E-state index is 12.2. The van der Waals surface area contributed by atoms with Crippen LogP contribution in [-0.2, 0) is 16.1 Å². The van der Waals surface area contributed by atoms with E-state index in [9.17, 15) is 9.59 Å². The number of benzene rings is 1. The van der Waals surface area contributed by atoms with Crippen LogP contribution in [0.5, 0.6) is 0 Å². The molecule has 0 spiro atoms. The number of hydrogen-bond donors (Lipinski definition) is 1. The second kappa shape index (κ2) is 8.06. The van der Waals surface area contributed by atoms with Gasteiger partial charge in [0.15, 0.2) is 6.61 Å². The van der Waals surface area contributed by atoms with E-state index in [-0.39, 0.29) is 12.5 Å². The highest BCUT2D eigenvalue weighted by molar-refractivity contribution is 7.98. The van der Waals surface area contributed by atoms with Crippen LogP contribution in [-0.4, -0.2) is 29.3 Å². The minimum Gasteiger partial charge on any atom is -0.452 e. The molecule has 6 heteroatoms. The third-order valence-corrected chi connectivity index (χ3v) is 4.62. The maximum Gasteiger partial charge on any atom is 0.340 e. The highest BCUT2D eigenvalue weighted by Crippen LogP contribution is 2.24. The van der Waals surface area contributed by atoms with Gasteiger partial charge < -0.3 is 14.6 Å². The Bertz CT molecular complexity index is 753. The van der Waals surface area contributed by atoms with Crippen LogP contribution in [0.25, 0.3) is 0 Å². The summed E-state index contributed by atoms with van der Waals surface area (Å²) in [6.07, 6.45) is 1.94. The molecule has 0 radical (unpaired) electrons. The number of carbonyl (C=O) groups is 2. The molecule has 1 heterocycles. The van der Waals surface area contributed by atoms with E-state index >= 15 is 0 Å². The Kier molecular flexibility index (Phi) is 6.09. The fourth-order valence-corrected chi connectivity index (χ4v) is 3.19. The summed E-state index contributed by atoms with van der Waals surface area (Å²) in [7, 11) is 0. The van der Waals surface area contributed by atoms with Gasteiger partial charge in [-0.2, -0.15) is 0 Å². The second-order valence-electron chi connectivity index (χ2n) is 5.35. The molecule has 5 nitrogen and oxygen atoms in total. The fourth-order valence-electron chi connectivity index (χ4n) is 2.64. The van der Waals surface area contributed by atoms with Crippen LogP contribution < -0.4 is 5.32 Å². The smallest absolute Gasteiger partial charge is 0.340 e. The molecule has 2 rings (SSSR count). The van der Waals surface area contributed by atoms with Gasteiger partial charge >= 0.3 is 5.97 Å². The van der Waals surface area contributed by atoms with E-state index in [1.54, 1.807) is 17.8 Å². The number of aryl methyl sites for hydroxylation is 1. The molecule has 0 saturated heterocycles. The molecule has 1 aromatic carbocycles. The first-order valence-corrected chi connectivity index (χ1v) is 8.97. The second-order valence-corrected chi connectivity index (χ2v) is 6.20. The van der Waals surface area contributed by atoms with Crippen molar-refractivity contribution in [2.75, 3.05) is 18.2 Å². The lowest BCUT2D eigenvalue weighted by Gasteiger charge is -2.10. The Morgan fingerprint density at radius 2 is 1.96 bits per heavy atom. The lowest BCUT2D eigenvalue weighted by molar-refractivity contribution is -0.119. The number of carbonyl (C=O) groups excluding carboxylic acids is 2. The van der Waals surface area contributed by atoms with Crippen molar-refractivity contribution < 1.29 is 14.3 Å². The van der Waals surface area contributed by atoms with E-state index in [1.807, 2.05) is 55.9 Å². The van der Waals surface area contributed by atoms with Crippen LogP contribution >= 0.6 is 11.8 Å². The van der Waals surface area contributed by atoms with E-state index in [2.05, 4.69) is 5.32 Å². The number of esters is 1. The van der Waals surface area contributed by atoms with Gasteiger partial charge in [-0.05, 0) is 45.2 Å².